The van der Waals surface area contributed by atoms with Crippen LogP contribution in [0.2, 0.25) is 0 Å². The molecule has 0 atom stereocenters. The molecule has 0 aliphatic heterocycles. The molecule has 1 nitrogen and oxygen atoms in total. The van der Waals surface area contributed by atoms with E-state index in [0.717, 1.165) is 5.32 Å². The summed E-state index contributed by atoms with van der Waals surface area (Å²) in [5.74, 6) is -17.6. The maximum Gasteiger partial charge on any atom is 0.469 e. The number of nitrogens with one attached hydrogen (secondary N) is 1. The van der Waals surface area contributed by atoms with Gasteiger partial charge in [0.15, 0.2) is 40.7 Å². The summed E-state index contributed by atoms with van der Waals surface area (Å²) in [5, 5.41) is 1.14. The van der Waals surface area contributed by atoms with E-state index in [4.69, 9.17) is 0 Å². The lowest BCUT2D eigenvalue weighted by Crippen LogP contribution is -2.49. The first kappa shape index (κ1) is 27.5. The molecule has 0 aromatic heterocycles. The number of rotatable bonds is 5. The van der Waals surface area contributed by atoms with Crippen LogP contribution in [-0.2, 0) is 0 Å². The maximum absolute atomic E-state index is 13.4. The molecule has 0 unspecified atom stereocenters. The third-order valence-corrected chi connectivity index (χ3v) is 3.75. The molecule has 0 spiro atoms. The smallest absolute Gasteiger partial charge is 0.250 e. The molecule has 0 heterocycles. The summed E-state index contributed by atoms with van der Waals surface area (Å²) in [7, 11) is 0. The zero-order chi connectivity index (χ0) is 25.0. The van der Waals surface area contributed by atoms with Crippen molar-refractivity contribution in [2.45, 2.75) is 32.0 Å². The van der Waals surface area contributed by atoms with Crippen molar-refractivity contribution in [1.82, 2.24) is 5.32 Å². The number of unbranched alkanes of at least 4 members (excludes halogenated alkanes) is 1. The van der Waals surface area contributed by atoms with Crippen molar-refractivity contribution >= 4 is 0 Å². The second kappa shape index (κ2) is 10.4. The number of hydrogen-bond acceptors (Lipinski definition) is 1. The van der Waals surface area contributed by atoms with Crippen molar-refractivity contribution in [2.24, 2.45) is 0 Å². The number of alkyl halides is 5. The average molecular weight is 489 g/mol. The van der Waals surface area contributed by atoms with E-state index in [1.165, 1.54) is 0 Å². The van der Waals surface area contributed by atoms with Gasteiger partial charge in [0.2, 0.25) is 5.82 Å². The molecule has 0 saturated carbocycles. The molecule has 32 heavy (non-hydrogen) atoms. The summed E-state index contributed by atoms with van der Waals surface area (Å²) in [6.07, 6.45) is -4.63. The third-order valence-electron chi connectivity index (χ3n) is 3.75. The van der Waals surface area contributed by atoms with Crippen molar-refractivity contribution < 1.29 is 57.1 Å². The Balaban J connectivity index is 0.000000368. The summed E-state index contributed by atoms with van der Waals surface area (Å²) in [6.45, 7) is 1.37. The predicted octanol–water partition coefficient (Wildman–Crippen LogP) is 7.00. The average Bonchev–Trinajstić information content (AvgIpc) is 2.70. The van der Waals surface area contributed by atoms with Crippen LogP contribution in [0.15, 0.2) is 12.1 Å². The largest absolute Gasteiger partial charge is 0.469 e. The Morgan fingerprint density at radius 1 is 0.656 bits per heavy atom. The zero-order valence-electron chi connectivity index (χ0n) is 15.7. The molecule has 14 heteroatoms. The molecule has 2 rings (SSSR count). The first-order valence-electron chi connectivity index (χ1n) is 8.43. The van der Waals surface area contributed by atoms with E-state index < -0.39 is 69.9 Å². The Kier molecular flexibility index (Phi) is 8.95. The highest BCUT2D eigenvalue weighted by Crippen LogP contribution is 2.34. The quantitative estimate of drug-likeness (QED) is 0.157. The zero-order valence-corrected chi connectivity index (χ0v) is 15.7. The van der Waals surface area contributed by atoms with E-state index in [-0.39, 0.29) is 6.54 Å². The van der Waals surface area contributed by atoms with Gasteiger partial charge in [-0.25, -0.2) is 35.1 Å². The molecule has 1 N–H and O–H groups in total. The minimum absolute atomic E-state index is 0.297. The van der Waals surface area contributed by atoms with E-state index in [9.17, 15) is 57.1 Å². The van der Waals surface area contributed by atoms with Crippen LogP contribution in [0.3, 0.4) is 0 Å². The van der Waals surface area contributed by atoms with Gasteiger partial charge in [-0.05, 0) is 18.6 Å². The topological polar surface area (TPSA) is 12.0 Å². The SMILES string of the molecule is CCCCNC(F)(F)C(F)(F)F.Fc1ccc(-c2c(F)c(F)c(F)c(F)c2F)c(F)c1F. The van der Waals surface area contributed by atoms with Crippen LogP contribution in [0, 0.1) is 46.5 Å². The lowest BCUT2D eigenvalue weighted by atomic mass is 10.0. The first-order chi connectivity index (χ1) is 14.6. The van der Waals surface area contributed by atoms with Gasteiger partial charge in [0, 0.05) is 12.1 Å². The van der Waals surface area contributed by atoms with Crippen molar-refractivity contribution in [3.63, 3.8) is 0 Å². The van der Waals surface area contributed by atoms with Crippen LogP contribution in [-0.4, -0.2) is 18.8 Å². The van der Waals surface area contributed by atoms with E-state index in [0.29, 0.717) is 25.0 Å². The van der Waals surface area contributed by atoms with Crippen LogP contribution in [0.4, 0.5) is 57.1 Å². The van der Waals surface area contributed by atoms with Gasteiger partial charge in [0.25, 0.3) is 0 Å². The van der Waals surface area contributed by atoms with Crippen molar-refractivity contribution in [3.05, 3.63) is 58.7 Å². The van der Waals surface area contributed by atoms with Gasteiger partial charge in [0.1, 0.15) is 0 Å². The summed E-state index contributed by atoms with van der Waals surface area (Å²) in [5.41, 5.74) is -2.95. The minimum Gasteiger partial charge on any atom is -0.250 e. The molecule has 0 aliphatic rings. The lowest BCUT2D eigenvalue weighted by molar-refractivity contribution is -0.295. The maximum atomic E-state index is 13.4. The van der Waals surface area contributed by atoms with E-state index in [2.05, 4.69) is 0 Å². The van der Waals surface area contributed by atoms with Crippen LogP contribution in [0.5, 0.6) is 0 Å². The van der Waals surface area contributed by atoms with Gasteiger partial charge in [0.05, 0.1) is 5.56 Å². The predicted molar refractivity (Wildman–Crippen MR) is 85.5 cm³/mol. The molecule has 0 bridgehead atoms. The Morgan fingerprint density at radius 2 is 1.12 bits per heavy atom. The lowest BCUT2D eigenvalue weighted by Gasteiger charge is -2.20. The number of benzene rings is 2. The fourth-order valence-corrected chi connectivity index (χ4v) is 2.08. The van der Waals surface area contributed by atoms with Crippen LogP contribution in [0.1, 0.15) is 19.8 Å². The number of halogens is 13. The Labute approximate surface area is 171 Å². The minimum atomic E-state index is -5.50. The first-order valence-corrected chi connectivity index (χ1v) is 8.43. The van der Waals surface area contributed by atoms with Gasteiger partial charge in [-0.1, -0.05) is 13.3 Å². The standard InChI is InChI=1S/C12H2F8.C6H10F5N/c13-4-2-1-3(6(14)7(4)15)5-8(16)10(18)12(20)11(19)9(5)17;1-2-3-4-12-6(10,11)5(7,8)9/h1-2H;12H,2-4H2,1H3. The summed E-state index contributed by atoms with van der Waals surface area (Å²) in [4.78, 5) is 0. The van der Waals surface area contributed by atoms with Gasteiger partial charge in [-0.3, -0.25) is 5.32 Å². The molecule has 0 saturated heterocycles. The van der Waals surface area contributed by atoms with E-state index in [1.807, 2.05) is 0 Å². The highest BCUT2D eigenvalue weighted by atomic mass is 19.4. The van der Waals surface area contributed by atoms with Crippen molar-refractivity contribution in [2.75, 3.05) is 6.54 Å². The summed E-state index contributed by atoms with van der Waals surface area (Å²) in [6, 6.07) is -4.10. The molecule has 2 aromatic rings. The Morgan fingerprint density at radius 3 is 1.56 bits per heavy atom. The van der Waals surface area contributed by atoms with Gasteiger partial charge in [-0.2, -0.15) is 22.0 Å². The summed E-state index contributed by atoms with van der Waals surface area (Å²) < 4.78 is 163. The Hall–Kier alpha value is -2.51. The highest BCUT2D eigenvalue weighted by Gasteiger charge is 2.57. The number of hydrogen-bond donors (Lipinski definition) is 1. The fraction of sp³-hybridized carbons (Fsp3) is 0.333. The van der Waals surface area contributed by atoms with Gasteiger partial charge in [-0.15, -0.1) is 0 Å². The van der Waals surface area contributed by atoms with E-state index in [1.54, 1.807) is 6.92 Å². The van der Waals surface area contributed by atoms with Crippen molar-refractivity contribution in [3.8, 4) is 11.1 Å². The molecule has 180 valence electrons. The normalized spacial score (nSPS) is 11.9. The monoisotopic (exact) mass is 489 g/mol. The summed E-state index contributed by atoms with van der Waals surface area (Å²) >= 11 is 0. The Bertz CT molecular complexity index is 924. The van der Waals surface area contributed by atoms with Crippen LogP contribution in [0.25, 0.3) is 11.1 Å². The molecule has 0 aliphatic carbocycles. The van der Waals surface area contributed by atoms with Crippen molar-refractivity contribution in [1.29, 1.82) is 0 Å². The van der Waals surface area contributed by atoms with Gasteiger partial charge < -0.3 is 0 Å². The molecule has 0 radical (unpaired) electrons. The second-order valence-electron chi connectivity index (χ2n) is 6.02. The fourth-order valence-electron chi connectivity index (χ4n) is 2.08. The van der Waals surface area contributed by atoms with Crippen LogP contribution < -0.4 is 5.32 Å². The third kappa shape index (κ3) is 5.84. The van der Waals surface area contributed by atoms with E-state index >= 15 is 0 Å². The van der Waals surface area contributed by atoms with Crippen LogP contribution >= 0.6 is 0 Å². The molecule has 2 aromatic carbocycles. The highest BCUT2D eigenvalue weighted by molar-refractivity contribution is 5.66. The van der Waals surface area contributed by atoms with Gasteiger partial charge >= 0.3 is 12.2 Å². The molecular formula is C18H12F13N. The molecule has 0 amide bonds. The molecule has 0 fully saturated rings. The second-order valence-corrected chi connectivity index (χ2v) is 6.02. The molecular weight excluding hydrogens is 477 g/mol.